The monoisotopic (exact) mass is 253 g/mol. The van der Waals surface area contributed by atoms with Gasteiger partial charge in [0.25, 0.3) is 5.56 Å². The highest BCUT2D eigenvalue weighted by Crippen LogP contribution is 2.12. The van der Waals surface area contributed by atoms with Gasteiger partial charge in [-0.05, 0) is 44.0 Å². The van der Waals surface area contributed by atoms with E-state index in [1.165, 1.54) is 6.07 Å². The van der Waals surface area contributed by atoms with Gasteiger partial charge in [0.05, 0.1) is 18.2 Å². The van der Waals surface area contributed by atoms with Gasteiger partial charge in [-0.15, -0.1) is 0 Å². The molecule has 0 aliphatic heterocycles. The van der Waals surface area contributed by atoms with E-state index in [4.69, 9.17) is 5.26 Å². The molecule has 1 heterocycles. The van der Waals surface area contributed by atoms with E-state index in [2.05, 4.69) is 11.1 Å². The van der Waals surface area contributed by atoms with Crippen molar-refractivity contribution in [2.24, 2.45) is 0 Å². The molecule has 4 nitrogen and oxygen atoms in total. The molecule has 0 saturated carbocycles. The lowest BCUT2D eigenvalue weighted by Crippen LogP contribution is -2.24. The zero-order chi connectivity index (χ0) is 14.0. The Hall–Kier alpha value is -2.41. The van der Waals surface area contributed by atoms with Gasteiger partial charge in [0.15, 0.2) is 0 Å². The van der Waals surface area contributed by atoms with E-state index in [9.17, 15) is 4.79 Å². The standard InChI is InChI=1S/C15H15N3O/c1-10-6-13(8-16)4-5-14(10)9-18-12(3)17-11(2)7-15(18)19/h4-7H,9H2,1-3H3. The molecule has 0 N–H and O–H groups in total. The van der Waals surface area contributed by atoms with Crippen LogP contribution in [0.2, 0.25) is 0 Å². The molecule has 1 aromatic carbocycles. The van der Waals surface area contributed by atoms with Gasteiger partial charge >= 0.3 is 0 Å². The first-order valence-corrected chi connectivity index (χ1v) is 6.06. The highest BCUT2D eigenvalue weighted by atomic mass is 16.1. The zero-order valence-electron chi connectivity index (χ0n) is 11.3. The topological polar surface area (TPSA) is 58.7 Å². The first-order valence-electron chi connectivity index (χ1n) is 6.06. The summed E-state index contributed by atoms with van der Waals surface area (Å²) in [5.74, 6) is 0.703. The number of hydrogen-bond donors (Lipinski definition) is 0. The molecule has 0 bridgehead atoms. The number of aryl methyl sites for hydroxylation is 3. The summed E-state index contributed by atoms with van der Waals surface area (Å²) < 4.78 is 1.64. The fraction of sp³-hybridized carbons (Fsp3) is 0.267. The maximum atomic E-state index is 12.0. The molecule has 0 saturated heterocycles. The Morgan fingerprint density at radius 1 is 1.26 bits per heavy atom. The van der Waals surface area contributed by atoms with Crippen LogP contribution in [0.25, 0.3) is 0 Å². The molecular formula is C15H15N3O. The Morgan fingerprint density at radius 2 is 2.00 bits per heavy atom. The molecule has 0 atom stereocenters. The average molecular weight is 253 g/mol. The second-order valence-corrected chi connectivity index (χ2v) is 4.62. The third-order valence-electron chi connectivity index (χ3n) is 3.13. The minimum absolute atomic E-state index is 0.0474. The fourth-order valence-corrected chi connectivity index (χ4v) is 2.07. The first-order chi connectivity index (χ1) is 9.01. The van der Waals surface area contributed by atoms with Gasteiger partial charge in [0.2, 0.25) is 0 Å². The molecule has 19 heavy (non-hydrogen) atoms. The van der Waals surface area contributed by atoms with Crippen molar-refractivity contribution < 1.29 is 0 Å². The Labute approximate surface area is 112 Å². The maximum absolute atomic E-state index is 12.0. The van der Waals surface area contributed by atoms with Gasteiger partial charge in [-0.1, -0.05) is 6.07 Å². The van der Waals surface area contributed by atoms with Crippen molar-refractivity contribution in [2.75, 3.05) is 0 Å². The Kier molecular flexibility index (Phi) is 3.48. The SMILES string of the molecule is Cc1cc(=O)n(Cc2ccc(C#N)cc2C)c(C)n1. The summed E-state index contributed by atoms with van der Waals surface area (Å²) in [4.78, 5) is 16.3. The van der Waals surface area contributed by atoms with Crippen molar-refractivity contribution in [1.82, 2.24) is 9.55 Å². The maximum Gasteiger partial charge on any atom is 0.254 e. The van der Waals surface area contributed by atoms with Crippen LogP contribution in [0.1, 0.15) is 28.2 Å². The van der Waals surface area contributed by atoms with Gasteiger partial charge in [0.1, 0.15) is 5.82 Å². The predicted molar refractivity (Wildman–Crippen MR) is 73.0 cm³/mol. The van der Waals surface area contributed by atoms with E-state index < -0.39 is 0 Å². The van der Waals surface area contributed by atoms with Crippen LogP contribution >= 0.6 is 0 Å². The van der Waals surface area contributed by atoms with E-state index in [1.807, 2.05) is 32.9 Å². The lowest BCUT2D eigenvalue weighted by molar-refractivity contribution is 0.691. The van der Waals surface area contributed by atoms with Gasteiger partial charge in [-0.25, -0.2) is 4.98 Å². The van der Waals surface area contributed by atoms with Crippen molar-refractivity contribution >= 4 is 0 Å². The summed E-state index contributed by atoms with van der Waals surface area (Å²) in [5, 5.41) is 8.85. The van der Waals surface area contributed by atoms with Gasteiger partial charge in [-0.3, -0.25) is 9.36 Å². The van der Waals surface area contributed by atoms with Crippen LogP contribution < -0.4 is 5.56 Å². The smallest absolute Gasteiger partial charge is 0.254 e. The van der Waals surface area contributed by atoms with Gasteiger partial charge < -0.3 is 0 Å². The molecule has 2 rings (SSSR count). The van der Waals surface area contributed by atoms with Crippen LogP contribution in [-0.2, 0) is 6.54 Å². The molecule has 1 aromatic heterocycles. The van der Waals surface area contributed by atoms with E-state index in [-0.39, 0.29) is 5.56 Å². The number of rotatable bonds is 2. The largest absolute Gasteiger partial charge is 0.292 e. The van der Waals surface area contributed by atoms with Crippen LogP contribution in [0, 0.1) is 32.1 Å². The number of aromatic nitrogens is 2. The number of hydrogen-bond acceptors (Lipinski definition) is 3. The number of nitrogens with zero attached hydrogens (tertiary/aromatic N) is 3. The first kappa shape index (κ1) is 13.0. The summed E-state index contributed by atoms with van der Waals surface area (Å²) in [6, 6.07) is 9.13. The summed E-state index contributed by atoms with van der Waals surface area (Å²) in [6.07, 6.45) is 0. The third kappa shape index (κ3) is 2.71. The Balaban J connectivity index is 2.43. The quantitative estimate of drug-likeness (QED) is 0.823. The highest BCUT2D eigenvalue weighted by Gasteiger charge is 2.06. The van der Waals surface area contributed by atoms with Crippen LogP contribution in [0.4, 0.5) is 0 Å². The number of benzene rings is 1. The van der Waals surface area contributed by atoms with Crippen molar-refractivity contribution in [2.45, 2.75) is 27.3 Å². The second kappa shape index (κ2) is 5.07. The number of nitriles is 1. The van der Waals surface area contributed by atoms with E-state index in [1.54, 1.807) is 10.6 Å². The van der Waals surface area contributed by atoms with Crippen molar-refractivity contribution in [3.05, 3.63) is 62.8 Å². The minimum Gasteiger partial charge on any atom is -0.292 e. The average Bonchev–Trinajstić information content (AvgIpc) is 2.35. The minimum atomic E-state index is -0.0474. The summed E-state index contributed by atoms with van der Waals surface area (Å²) in [7, 11) is 0. The van der Waals surface area contributed by atoms with Gasteiger partial charge in [0, 0.05) is 11.8 Å². The molecule has 0 unspecified atom stereocenters. The van der Waals surface area contributed by atoms with Gasteiger partial charge in [-0.2, -0.15) is 5.26 Å². The summed E-state index contributed by atoms with van der Waals surface area (Å²) in [5.41, 5.74) is 3.34. The molecule has 0 amide bonds. The summed E-state index contributed by atoms with van der Waals surface area (Å²) in [6.45, 7) is 6.06. The Bertz CT molecular complexity index is 723. The van der Waals surface area contributed by atoms with Crippen LogP contribution in [0.3, 0.4) is 0 Å². The van der Waals surface area contributed by atoms with Crippen LogP contribution in [-0.4, -0.2) is 9.55 Å². The molecule has 4 heteroatoms. The second-order valence-electron chi connectivity index (χ2n) is 4.62. The molecule has 0 spiro atoms. The van der Waals surface area contributed by atoms with E-state index >= 15 is 0 Å². The normalized spacial score (nSPS) is 10.2. The van der Waals surface area contributed by atoms with Crippen LogP contribution in [0.15, 0.2) is 29.1 Å². The molecule has 0 aliphatic rings. The molecule has 0 fully saturated rings. The lowest BCUT2D eigenvalue weighted by Gasteiger charge is -2.11. The van der Waals surface area contributed by atoms with Crippen molar-refractivity contribution in [3.63, 3.8) is 0 Å². The zero-order valence-corrected chi connectivity index (χ0v) is 11.3. The lowest BCUT2D eigenvalue weighted by atomic mass is 10.1. The van der Waals surface area contributed by atoms with Crippen molar-refractivity contribution in [3.8, 4) is 6.07 Å². The highest BCUT2D eigenvalue weighted by molar-refractivity contribution is 5.37. The van der Waals surface area contributed by atoms with E-state index in [0.29, 0.717) is 17.9 Å². The van der Waals surface area contributed by atoms with E-state index in [0.717, 1.165) is 16.8 Å². The molecule has 96 valence electrons. The van der Waals surface area contributed by atoms with Crippen LogP contribution in [0.5, 0.6) is 0 Å². The Morgan fingerprint density at radius 3 is 2.58 bits per heavy atom. The predicted octanol–water partition coefficient (Wildman–Crippen LogP) is 2.09. The molecule has 0 aliphatic carbocycles. The molecule has 0 radical (unpaired) electrons. The summed E-state index contributed by atoms with van der Waals surface area (Å²) >= 11 is 0. The molecule has 2 aromatic rings. The van der Waals surface area contributed by atoms with Crippen molar-refractivity contribution in [1.29, 1.82) is 5.26 Å². The third-order valence-corrected chi connectivity index (χ3v) is 3.13. The fourth-order valence-electron chi connectivity index (χ4n) is 2.07. The molecular weight excluding hydrogens is 238 g/mol.